The van der Waals surface area contributed by atoms with Crippen molar-refractivity contribution in [2.24, 2.45) is 0 Å². The number of fused-ring (bicyclic) bond motifs is 1. The van der Waals surface area contributed by atoms with E-state index in [-0.39, 0.29) is 18.4 Å². The second kappa shape index (κ2) is 8.10. The second-order valence-electron chi connectivity index (χ2n) is 5.49. The highest BCUT2D eigenvalue weighted by atomic mass is 16.2. The van der Waals surface area contributed by atoms with Crippen LogP contribution in [0.25, 0.3) is 10.8 Å². The summed E-state index contributed by atoms with van der Waals surface area (Å²) in [5.74, 6) is -0.978. The lowest BCUT2D eigenvalue weighted by Gasteiger charge is -2.17. The highest BCUT2D eigenvalue weighted by Crippen LogP contribution is 2.19. The first kappa shape index (κ1) is 17.5. The number of nitrogens with one attached hydrogen (secondary N) is 3. The molecule has 0 saturated carbocycles. The van der Waals surface area contributed by atoms with E-state index < -0.39 is 11.9 Å². The first-order valence-corrected chi connectivity index (χ1v) is 7.83. The molecule has 0 radical (unpaired) electrons. The Hall–Kier alpha value is -2.89. The number of benzene rings is 2. The van der Waals surface area contributed by atoms with E-state index >= 15 is 0 Å². The maximum Gasteiger partial charge on any atom is 0.246 e. The van der Waals surface area contributed by atoms with E-state index in [4.69, 9.17) is 0 Å². The zero-order valence-corrected chi connectivity index (χ0v) is 13.8. The smallest absolute Gasteiger partial charge is 0.246 e. The Balaban J connectivity index is 1.99. The fourth-order valence-corrected chi connectivity index (χ4v) is 2.30. The lowest BCUT2D eigenvalue weighted by atomic mass is 10.1. The predicted octanol–water partition coefficient (Wildman–Crippen LogP) is 1.81. The summed E-state index contributed by atoms with van der Waals surface area (Å²) in [6.45, 7) is 3.00. The van der Waals surface area contributed by atoms with E-state index in [2.05, 4.69) is 16.0 Å². The van der Waals surface area contributed by atoms with Crippen LogP contribution in [0.3, 0.4) is 0 Å². The topological polar surface area (TPSA) is 87.3 Å². The Morgan fingerprint density at radius 1 is 1.04 bits per heavy atom. The van der Waals surface area contributed by atoms with Crippen LogP contribution in [0.5, 0.6) is 0 Å². The van der Waals surface area contributed by atoms with Crippen LogP contribution in [0.2, 0.25) is 0 Å². The average molecular weight is 327 g/mol. The Morgan fingerprint density at radius 3 is 2.42 bits per heavy atom. The summed E-state index contributed by atoms with van der Waals surface area (Å²) in [5, 5.41) is 9.94. The average Bonchev–Trinajstić information content (AvgIpc) is 2.57. The van der Waals surface area contributed by atoms with E-state index in [0.717, 1.165) is 10.8 Å². The van der Waals surface area contributed by atoms with E-state index in [1.807, 2.05) is 49.4 Å². The molecule has 126 valence electrons. The van der Waals surface area contributed by atoms with Crippen molar-refractivity contribution in [3.05, 3.63) is 42.5 Å². The number of carbonyl (C=O) groups is 3. The molecule has 1 unspecified atom stereocenters. The van der Waals surface area contributed by atoms with Gasteiger partial charge >= 0.3 is 0 Å². The van der Waals surface area contributed by atoms with Gasteiger partial charge in [0.1, 0.15) is 6.04 Å². The van der Waals surface area contributed by atoms with Crippen LogP contribution in [-0.4, -0.2) is 30.3 Å². The molecule has 2 aromatic carbocycles. The highest BCUT2D eigenvalue weighted by Gasteiger charge is 2.19. The van der Waals surface area contributed by atoms with Crippen molar-refractivity contribution < 1.29 is 14.4 Å². The third-order valence-electron chi connectivity index (χ3n) is 3.57. The number of hydrogen-bond acceptors (Lipinski definition) is 3. The van der Waals surface area contributed by atoms with Gasteiger partial charge in [-0.3, -0.25) is 14.4 Å². The van der Waals surface area contributed by atoms with Gasteiger partial charge in [-0.25, -0.2) is 0 Å². The van der Waals surface area contributed by atoms with Crippen LogP contribution in [0.15, 0.2) is 42.5 Å². The van der Waals surface area contributed by atoms with Gasteiger partial charge < -0.3 is 16.0 Å². The molecule has 24 heavy (non-hydrogen) atoms. The fourth-order valence-electron chi connectivity index (χ4n) is 2.30. The van der Waals surface area contributed by atoms with Crippen LogP contribution in [-0.2, 0) is 14.4 Å². The van der Waals surface area contributed by atoms with E-state index in [0.29, 0.717) is 12.1 Å². The Bertz CT molecular complexity index is 758. The van der Waals surface area contributed by atoms with Crippen molar-refractivity contribution in [2.45, 2.75) is 26.3 Å². The van der Waals surface area contributed by atoms with Gasteiger partial charge in [-0.05, 0) is 29.3 Å². The molecule has 6 heteroatoms. The second-order valence-corrected chi connectivity index (χ2v) is 5.49. The molecular weight excluding hydrogens is 306 g/mol. The van der Waals surface area contributed by atoms with E-state index in [9.17, 15) is 14.4 Å². The minimum atomic E-state index is -0.655. The molecule has 0 bridgehead atoms. The van der Waals surface area contributed by atoms with Gasteiger partial charge in [0.05, 0.1) is 6.54 Å². The molecule has 1 atom stereocenters. The van der Waals surface area contributed by atoms with Crippen molar-refractivity contribution in [3.8, 4) is 0 Å². The van der Waals surface area contributed by atoms with Crippen molar-refractivity contribution in [1.82, 2.24) is 10.6 Å². The minimum absolute atomic E-state index is 0.144. The van der Waals surface area contributed by atoms with Gasteiger partial charge in [-0.2, -0.15) is 0 Å². The van der Waals surface area contributed by atoms with Crippen LogP contribution in [0, 0.1) is 0 Å². The Labute approximate surface area is 140 Å². The van der Waals surface area contributed by atoms with E-state index in [1.165, 1.54) is 6.92 Å². The summed E-state index contributed by atoms with van der Waals surface area (Å²) in [6.07, 6.45) is 0.450. The zero-order valence-electron chi connectivity index (χ0n) is 13.8. The maximum absolute atomic E-state index is 12.3. The molecule has 0 fully saturated rings. The number of anilines is 1. The van der Waals surface area contributed by atoms with E-state index in [1.54, 1.807) is 0 Å². The molecule has 0 saturated heterocycles. The molecule has 0 spiro atoms. The quantitative estimate of drug-likeness (QED) is 0.756. The monoisotopic (exact) mass is 327 g/mol. The first-order chi connectivity index (χ1) is 11.5. The molecule has 0 aliphatic heterocycles. The summed E-state index contributed by atoms with van der Waals surface area (Å²) >= 11 is 0. The largest absolute Gasteiger partial charge is 0.347 e. The van der Waals surface area contributed by atoms with Gasteiger partial charge in [-0.15, -0.1) is 0 Å². The molecule has 2 rings (SSSR count). The summed E-state index contributed by atoms with van der Waals surface area (Å²) in [4.78, 5) is 34.9. The van der Waals surface area contributed by atoms with Crippen molar-refractivity contribution in [2.75, 3.05) is 11.9 Å². The van der Waals surface area contributed by atoms with Gasteiger partial charge in [0.25, 0.3) is 0 Å². The molecule has 0 heterocycles. The van der Waals surface area contributed by atoms with Crippen molar-refractivity contribution in [1.29, 1.82) is 0 Å². The van der Waals surface area contributed by atoms with Gasteiger partial charge in [0.15, 0.2) is 0 Å². The van der Waals surface area contributed by atoms with Crippen molar-refractivity contribution >= 4 is 34.2 Å². The number of rotatable bonds is 6. The third kappa shape index (κ3) is 4.81. The standard InChI is InChI=1S/C18H21N3O3/c1-3-16(21-17(23)11-19-12(2)22)18(24)20-15-9-8-13-6-4-5-7-14(13)10-15/h4-10,16H,3,11H2,1-2H3,(H,19,22)(H,20,24)(H,21,23). The van der Waals surface area contributed by atoms with Crippen LogP contribution >= 0.6 is 0 Å². The third-order valence-corrected chi connectivity index (χ3v) is 3.57. The number of amides is 3. The van der Waals surface area contributed by atoms with Crippen LogP contribution in [0.4, 0.5) is 5.69 Å². The molecule has 0 aliphatic rings. The number of carbonyl (C=O) groups excluding carboxylic acids is 3. The fraction of sp³-hybridized carbons (Fsp3) is 0.278. The normalized spacial score (nSPS) is 11.6. The lowest BCUT2D eigenvalue weighted by Crippen LogP contribution is -2.46. The molecule has 3 N–H and O–H groups in total. The molecule has 6 nitrogen and oxygen atoms in total. The highest BCUT2D eigenvalue weighted by molar-refractivity contribution is 5.99. The SMILES string of the molecule is CCC(NC(=O)CNC(C)=O)C(=O)Nc1ccc2ccccc2c1. The first-order valence-electron chi connectivity index (χ1n) is 7.83. The Kier molecular flexibility index (Phi) is 5.89. The Morgan fingerprint density at radius 2 is 1.75 bits per heavy atom. The predicted molar refractivity (Wildman–Crippen MR) is 93.5 cm³/mol. The molecular formula is C18H21N3O3. The number of hydrogen-bond donors (Lipinski definition) is 3. The van der Waals surface area contributed by atoms with Crippen LogP contribution in [0.1, 0.15) is 20.3 Å². The van der Waals surface area contributed by atoms with Gasteiger partial charge in [-0.1, -0.05) is 37.3 Å². The lowest BCUT2D eigenvalue weighted by molar-refractivity contribution is -0.127. The molecule has 0 aromatic heterocycles. The maximum atomic E-state index is 12.3. The summed E-state index contributed by atoms with van der Waals surface area (Å²) < 4.78 is 0. The minimum Gasteiger partial charge on any atom is -0.347 e. The summed E-state index contributed by atoms with van der Waals surface area (Å²) in [7, 11) is 0. The summed E-state index contributed by atoms with van der Waals surface area (Å²) in [5.41, 5.74) is 0.674. The van der Waals surface area contributed by atoms with Crippen molar-refractivity contribution in [3.63, 3.8) is 0 Å². The molecule has 3 amide bonds. The van der Waals surface area contributed by atoms with Gasteiger partial charge in [0, 0.05) is 12.6 Å². The molecule has 0 aliphatic carbocycles. The van der Waals surface area contributed by atoms with Gasteiger partial charge in [0.2, 0.25) is 17.7 Å². The van der Waals surface area contributed by atoms with Crippen LogP contribution < -0.4 is 16.0 Å². The zero-order chi connectivity index (χ0) is 17.5. The summed E-state index contributed by atoms with van der Waals surface area (Å²) in [6, 6.07) is 12.9. The molecule has 2 aromatic rings.